The molecular weight excluding hydrogens is 382 g/mol. The summed E-state index contributed by atoms with van der Waals surface area (Å²) in [4.78, 5) is 40.6. The molecule has 7 nitrogen and oxygen atoms in total. The second kappa shape index (κ2) is 10.5. The molecule has 1 N–H and O–H groups in total. The van der Waals surface area contributed by atoms with E-state index in [0.29, 0.717) is 25.2 Å². The van der Waals surface area contributed by atoms with Crippen molar-refractivity contribution in [2.45, 2.75) is 58.6 Å². The van der Waals surface area contributed by atoms with Gasteiger partial charge in [0.2, 0.25) is 5.91 Å². The molecule has 1 aromatic rings. The van der Waals surface area contributed by atoms with Gasteiger partial charge in [-0.15, -0.1) is 0 Å². The lowest BCUT2D eigenvalue weighted by Gasteiger charge is -2.35. The number of likely N-dealkylation sites (tertiary alicyclic amines) is 1. The lowest BCUT2D eigenvalue weighted by Crippen LogP contribution is -2.46. The molecule has 0 bridgehead atoms. The molecule has 0 spiro atoms. The minimum Gasteiger partial charge on any atom is -0.444 e. The zero-order valence-electron chi connectivity index (χ0n) is 18.8. The van der Waals surface area contributed by atoms with E-state index in [4.69, 9.17) is 4.74 Å². The lowest BCUT2D eigenvalue weighted by molar-refractivity contribution is -0.133. The number of amides is 3. The van der Waals surface area contributed by atoms with Crippen molar-refractivity contribution in [3.05, 3.63) is 35.9 Å². The van der Waals surface area contributed by atoms with Gasteiger partial charge in [0.15, 0.2) is 0 Å². The van der Waals surface area contributed by atoms with Gasteiger partial charge in [-0.2, -0.15) is 0 Å². The van der Waals surface area contributed by atoms with Gasteiger partial charge in [-0.25, -0.2) is 4.79 Å². The highest BCUT2D eigenvalue weighted by Gasteiger charge is 2.28. The van der Waals surface area contributed by atoms with E-state index < -0.39 is 5.60 Å². The highest BCUT2D eigenvalue weighted by Crippen LogP contribution is 2.19. The topological polar surface area (TPSA) is 79.0 Å². The quantitative estimate of drug-likeness (QED) is 0.770. The smallest absolute Gasteiger partial charge is 0.410 e. The largest absolute Gasteiger partial charge is 0.444 e. The molecule has 3 amide bonds. The Morgan fingerprint density at radius 3 is 2.53 bits per heavy atom. The minimum atomic E-state index is -0.528. The maximum absolute atomic E-state index is 12.7. The Morgan fingerprint density at radius 2 is 1.90 bits per heavy atom. The van der Waals surface area contributed by atoms with Gasteiger partial charge >= 0.3 is 6.09 Å². The first-order chi connectivity index (χ1) is 14.0. The number of hydrogen-bond donors (Lipinski definition) is 1. The number of nitrogens with one attached hydrogen (secondary N) is 1. The van der Waals surface area contributed by atoms with E-state index in [2.05, 4.69) is 5.32 Å². The number of benzene rings is 1. The van der Waals surface area contributed by atoms with Crippen LogP contribution in [0.15, 0.2) is 30.3 Å². The predicted octanol–water partition coefficient (Wildman–Crippen LogP) is 3.30. The molecule has 1 aromatic carbocycles. The molecule has 0 aliphatic carbocycles. The zero-order valence-corrected chi connectivity index (χ0v) is 18.8. The highest BCUT2D eigenvalue weighted by atomic mass is 16.6. The highest BCUT2D eigenvalue weighted by molar-refractivity contribution is 5.94. The van der Waals surface area contributed by atoms with E-state index in [9.17, 15) is 14.4 Å². The van der Waals surface area contributed by atoms with Gasteiger partial charge in [0.1, 0.15) is 5.60 Å². The van der Waals surface area contributed by atoms with Crippen LogP contribution in [0.2, 0.25) is 0 Å². The molecule has 1 heterocycles. The van der Waals surface area contributed by atoms with Crippen LogP contribution in [-0.2, 0) is 9.53 Å². The maximum atomic E-state index is 12.7. The summed E-state index contributed by atoms with van der Waals surface area (Å²) in [6.45, 7) is 9.26. The van der Waals surface area contributed by atoms with Crippen LogP contribution in [0.25, 0.3) is 0 Å². The summed E-state index contributed by atoms with van der Waals surface area (Å²) in [6.07, 6.45) is 1.79. The molecule has 0 saturated carbocycles. The van der Waals surface area contributed by atoms with E-state index in [0.717, 1.165) is 12.8 Å². The fraction of sp³-hybridized carbons (Fsp3) is 0.609. The van der Waals surface area contributed by atoms with Crippen LogP contribution < -0.4 is 5.32 Å². The Labute approximate surface area is 179 Å². The SMILES string of the molecule is CC(CC(=O)N1CCCC(CN(C)C(=O)OC(C)(C)C)C1)NC(=O)c1ccccc1. The first kappa shape index (κ1) is 23.7. The molecule has 2 rings (SSSR count). The molecule has 1 saturated heterocycles. The number of piperidine rings is 1. The molecule has 7 heteroatoms. The van der Waals surface area contributed by atoms with E-state index in [-0.39, 0.29) is 36.3 Å². The fourth-order valence-electron chi connectivity index (χ4n) is 3.58. The molecular formula is C23H35N3O4. The number of nitrogens with zero attached hydrogens (tertiary/aromatic N) is 2. The van der Waals surface area contributed by atoms with Crippen molar-refractivity contribution in [3.8, 4) is 0 Å². The average molecular weight is 418 g/mol. The molecule has 0 radical (unpaired) electrons. The maximum Gasteiger partial charge on any atom is 0.410 e. The predicted molar refractivity (Wildman–Crippen MR) is 116 cm³/mol. The van der Waals surface area contributed by atoms with Gasteiger partial charge in [-0.1, -0.05) is 18.2 Å². The molecule has 2 unspecified atom stereocenters. The molecule has 1 aliphatic rings. The van der Waals surface area contributed by atoms with E-state index in [1.165, 1.54) is 0 Å². The molecule has 0 aromatic heterocycles. The Bertz CT molecular complexity index is 730. The minimum absolute atomic E-state index is 0.0282. The van der Waals surface area contributed by atoms with Crippen LogP contribution in [0.4, 0.5) is 4.79 Å². The van der Waals surface area contributed by atoms with Crippen LogP contribution in [0.1, 0.15) is 57.3 Å². The van der Waals surface area contributed by atoms with E-state index in [1.54, 1.807) is 24.1 Å². The van der Waals surface area contributed by atoms with Crippen molar-refractivity contribution in [2.24, 2.45) is 5.92 Å². The summed E-state index contributed by atoms with van der Waals surface area (Å²) >= 11 is 0. The molecule has 30 heavy (non-hydrogen) atoms. The molecule has 1 fully saturated rings. The Kier molecular flexibility index (Phi) is 8.26. The lowest BCUT2D eigenvalue weighted by atomic mass is 9.97. The van der Waals surface area contributed by atoms with Crippen LogP contribution in [0.5, 0.6) is 0 Å². The monoisotopic (exact) mass is 417 g/mol. The van der Waals surface area contributed by atoms with Crippen molar-refractivity contribution in [3.63, 3.8) is 0 Å². The Morgan fingerprint density at radius 1 is 1.23 bits per heavy atom. The van der Waals surface area contributed by atoms with E-state index >= 15 is 0 Å². The van der Waals surface area contributed by atoms with Crippen molar-refractivity contribution in [1.82, 2.24) is 15.1 Å². The van der Waals surface area contributed by atoms with Crippen molar-refractivity contribution < 1.29 is 19.1 Å². The number of ether oxygens (including phenoxy) is 1. The molecule has 166 valence electrons. The number of rotatable bonds is 6. The van der Waals surface area contributed by atoms with Crippen molar-refractivity contribution in [1.29, 1.82) is 0 Å². The summed E-state index contributed by atoms with van der Waals surface area (Å²) in [6, 6.07) is 8.73. The van der Waals surface area contributed by atoms with Crippen LogP contribution in [0, 0.1) is 5.92 Å². The first-order valence-electron chi connectivity index (χ1n) is 10.6. The van der Waals surface area contributed by atoms with E-state index in [1.807, 2.05) is 50.8 Å². The normalized spacial score (nSPS) is 17.8. The third kappa shape index (κ3) is 7.69. The summed E-state index contributed by atoms with van der Waals surface area (Å²) in [7, 11) is 1.73. The number of carbonyl (C=O) groups excluding carboxylic acids is 3. The molecule has 1 aliphatic heterocycles. The third-order valence-corrected chi connectivity index (χ3v) is 5.00. The van der Waals surface area contributed by atoms with Gasteiger partial charge in [-0.05, 0) is 58.6 Å². The summed E-state index contributed by atoms with van der Waals surface area (Å²) in [5.74, 6) is 0.0707. The van der Waals surface area contributed by atoms with Gasteiger partial charge < -0.3 is 19.9 Å². The third-order valence-electron chi connectivity index (χ3n) is 5.00. The second-order valence-corrected chi connectivity index (χ2v) is 9.15. The standard InChI is InChI=1S/C23H35N3O4/c1-17(24-21(28)19-11-7-6-8-12-19)14-20(27)26-13-9-10-18(16-26)15-25(5)22(29)30-23(2,3)4/h6-8,11-12,17-18H,9-10,13-16H2,1-5H3,(H,24,28). The van der Waals surface area contributed by atoms with Gasteiger partial charge in [0, 0.05) is 44.7 Å². The van der Waals surface area contributed by atoms with Gasteiger partial charge in [-0.3, -0.25) is 9.59 Å². The zero-order chi connectivity index (χ0) is 22.3. The summed E-state index contributed by atoms with van der Waals surface area (Å²) < 4.78 is 5.41. The summed E-state index contributed by atoms with van der Waals surface area (Å²) in [5.41, 5.74) is 0.0558. The Hall–Kier alpha value is -2.57. The summed E-state index contributed by atoms with van der Waals surface area (Å²) in [5, 5.41) is 2.89. The van der Waals surface area contributed by atoms with Gasteiger partial charge in [0.25, 0.3) is 5.91 Å². The fourth-order valence-corrected chi connectivity index (χ4v) is 3.58. The van der Waals surface area contributed by atoms with Gasteiger partial charge in [0.05, 0.1) is 0 Å². The number of hydrogen-bond acceptors (Lipinski definition) is 4. The van der Waals surface area contributed by atoms with Crippen molar-refractivity contribution in [2.75, 3.05) is 26.7 Å². The molecule has 2 atom stereocenters. The Balaban J connectivity index is 1.82. The van der Waals surface area contributed by atoms with Crippen LogP contribution >= 0.6 is 0 Å². The average Bonchev–Trinajstić information content (AvgIpc) is 2.67. The first-order valence-corrected chi connectivity index (χ1v) is 10.6. The van der Waals surface area contributed by atoms with Crippen LogP contribution in [0.3, 0.4) is 0 Å². The van der Waals surface area contributed by atoms with Crippen molar-refractivity contribution >= 4 is 17.9 Å². The number of carbonyl (C=O) groups is 3. The second-order valence-electron chi connectivity index (χ2n) is 9.15. The van der Waals surface area contributed by atoms with Crippen LogP contribution in [-0.4, -0.2) is 66.0 Å².